The van der Waals surface area contributed by atoms with Crippen molar-refractivity contribution in [2.24, 2.45) is 5.92 Å². The first-order valence-electron chi connectivity index (χ1n) is 4.53. The lowest BCUT2D eigenvalue weighted by Crippen LogP contribution is -2.10. The van der Waals surface area contributed by atoms with Crippen molar-refractivity contribution in [2.45, 2.75) is 5.66 Å². The molecule has 0 saturated heterocycles. The highest BCUT2D eigenvalue weighted by atomic mass is 31.2. The van der Waals surface area contributed by atoms with Gasteiger partial charge in [-0.05, 0) is 17.7 Å². The van der Waals surface area contributed by atoms with Gasteiger partial charge in [0.2, 0.25) is 0 Å². The summed E-state index contributed by atoms with van der Waals surface area (Å²) in [5.74, 6) is -1.51. The predicted octanol–water partition coefficient (Wildman–Crippen LogP) is 1.27. The van der Waals surface area contributed by atoms with Crippen LogP contribution in [0.3, 0.4) is 0 Å². The molecule has 3 N–H and O–H groups in total. The highest BCUT2D eigenvalue weighted by Crippen LogP contribution is 2.55. The van der Waals surface area contributed by atoms with Gasteiger partial charge in [-0.3, -0.25) is 4.57 Å². The number of rotatable bonds is 3. The summed E-state index contributed by atoms with van der Waals surface area (Å²) in [4.78, 5) is 18.4. The molecular weight excluding hydrogens is 243 g/mol. The van der Waals surface area contributed by atoms with Crippen LogP contribution in [0.25, 0.3) is 0 Å². The minimum Gasteiger partial charge on any atom is -0.508 e. The number of nitriles is 2. The Kier molecular flexibility index (Phi) is 3.88. The van der Waals surface area contributed by atoms with Gasteiger partial charge in [-0.25, -0.2) is 0 Å². The topological polar surface area (TPSA) is 125 Å². The normalized spacial score (nSPS) is 12.8. The molecule has 0 fully saturated rings. The maximum absolute atomic E-state index is 11.3. The van der Waals surface area contributed by atoms with E-state index in [0.29, 0.717) is 0 Å². The molecule has 0 spiro atoms. The van der Waals surface area contributed by atoms with Gasteiger partial charge in [-0.2, -0.15) is 10.5 Å². The van der Waals surface area contributed by atoms with Crippen molar-refractivity contribution in [2.75, 3.05) is 0 Å². The highest BCUT2D eigenvalue weighted by molar-refractivity contribution is 7.52. The molecular formula is C10H9N2O4P. The van der Waals surface area contributed by atoms with Gasteiger partial charge in [0.05, 0.1) is 12.1 Å². The SMILES string of the molecule is N#CC(C#N)C(c1ccc(O)cc1)P(=O)(O)O. The van der Waals surface area contributed by atoms with Crippen LogP contribution in [0.1, 0.15) is 11.2 Å². The summed E-state index contributed by atoms with van der Waals surface area (Å²) < 4.78 is 11.3. The second-order valence-corrected chi connectivity index (χ2v) is 5.10. The molecule has 0 saturated carbocycles. The lowest BCUT2D eigenvalue weighted by Gasteiger charge is -2.19. The smallest absolute Gasteiger partial charge is 0.335 e. The summed E-state index contributed by atoms with van der Waals surface area (Å²) in [6.07, 6.45) is 0. The minimum atomic E-state index is -4.63. The molecule has 1 unspecified atom stereocenters. The van der Waals surface area contributed by atoms with Crippen LogP contribution in [0.2, 0.25) is 0 Å². The van der Waals surface area contributed by atoms with Crippen molar-refractivity contribution in [3.63, 3.8) is 0 Å². The Morgan fingerprint density at radius 3 is 1.94 bits per heavy atom. The van der Waals surface area contributed by atoms with E-state index in [-0.39, 0.29) is 11.3 Å². The van der Waals surface area contributed by atoms with Crippen LogP contribution in [-0.4, -0.2) is 14.9 Å². The van der Waals surface area contributed by atoms with Crippen molar-refractivity contribution < 1.29 is 19.5 Å². The largest absolute Gasteiger partial charge is 0.508 e. The first kappa shape index (κ1) is 13.2. The lowest BCUT2D eigenvalue weighted by atomic mass is 10.0. The molecule has 0 aliphatic rings. The molecule has 6 nitrogen and oxygen atoms in total. The second-order valence-electron chi connectivity index (χ2n) is 3.36. The standard InChI is InChI=1S/C10H9N2O4P/c11-5-8(6-12)10(17(14,15)16)7-1-3-9(13)4-2-7/h1-4,8,10,13H,(H2,14,15,16). The van der Waals surface area contributed by atoms with Gasteiger partial charge in [-0.15, -0.1) is 0 Å². The average Bonchev–Trinajstić information content (AvgIpc) is 2.26. The first-order chi connectivity index (χ1) is 7.90. The Hall–Kier alpha value is -1.85. The van der Waals surface area contributed by atoms with Gasteiger partial charge in [0.25, 0.3) is 0 Å². The minimum absolute atomic E-state index is 0.0660. The van der Waals surface area contributed by atoms with E-state index >= 15 is 0 Å². The number of benzene rings is 1. The van der Waals surface area contributed by atoms with Gasteiger partial charge in [0.15, 0.2) is 5.92 Å². The molecule has 0 heterocycles. The second kappa shape index (κ2) is 4.99. The van der Waals surface area contributed by atoms with Crippen molar-refractivity contribution in [3.05, 3.63) is 29.8 Å². The van der Waals surface area contributed by atoms with E-state index < -0.39 is 19.2 Å². The van der Waals surface area contributed by atoms with Gasteiger partial charge in [-0.1, -0.05) is 12.1 Å². The summed E-state index contributed by atoms with van der Waals surface area (Å²) >= 11 is 0. The third-order valence-electron chi connectivity index (χ3n) is 2.19. The van der Waals surface area contributed by atoms with Crippen LogP contribution in [0.5, 0.6) is 5.75 Å². The average molecular weight is 252 g/mol. The predicted molar refractivity (Wildman–Crippen MR) is 57.6 cm³/mol. The zero-order chi connectivity index (χ0) is 13.1. The van der Waals surface area contributed by atoms with E-state index in [0.717, 1.165) is 0 Å². The monoisotopic (exact) mass is 252 g/mol. The van der Waals surface area contributed by atoms with Gasteiger partial charge in [0.1, 0.15) is 11.4 Å². The van der Waals surface area contributed by atoms with E-state index in [1.165, 1.54) is 24.3 Å². The van der Waals surface area contributed by atoms with E-state index in [4.69, 9.17) is 15.6 Å². The summed E-state index contributed by atoms with van der Waals surface area (Å²) in [5, 5.41) is 26.5. The summed E-state index contributed by atoms with van der Waals surface area (Å²) in [6.45, 7) is 0. The van der Waals surface area contributed by atoms with Crippen LogP contribution in [-0.2, 0) is 4.57 Å². The van der Waals surface area contributed by atoms with Crippen LogP contribution in [0, 0.1) is 28.6 Å². The molecule has 17 heavy (non-hydrogen) atoms. The zero-order valence-corrected chi connectivity index (χ0v) is 9.45. The molecule has 0 aliphatic carbocycles. The Labute approximate surface area is 97.5 Å². The van der Waals surface area contributed by atoms with Crippen molar-refractivity contribution >= 4 is 7.60 Å². The fourth-order valence-corrected chi connectivity index (χ4v) is 2.50. The molecule has 1 aromatic rings. The highest BCUT2D eigenvalue weighted by Gasteiger charge is 2.38. The molecule has 88 valence electrons. The fraction of sp³-hybridized carbons (Fsp3) is 0.200. The van der Waals surface area contributed by atoms with Gasteiger partial charge >= 0.3 is 7.60 Å². The molecule has 0 aliphatic heterocycles. The number of hydrogen-bond donors (Lipinski definition) is 3. The number of nitrogens with zero attached hydrogens (tertiary/aromatic N) is 2. The molecule has 1 atom stereocenters. The Morgan fingerprint density at radius 2 is 1.59 bits per heavy atom. The number of phenols is 1. The maximum Gasteiger partial charge on any atom is 0.335 e. The van der Waals surface area contributed by atoms with Crippen molar-refractivity contribution in [1.29, 1.82) is 10.5 Å². The summed E-state index contributed by atoms with van der Waals surface area (Å²) in [6, 6.07) is 8.15. The van der Waals surface area contributed by atoms with Crippen LogP contribution in [0.4, 0.5) is 0 Å². The van der Waals surface area contributed by atoms with Gasteiger partial charge in [0, 0.05) is 0 Å². The van der Waals surface area contributed by atoms with E-state index in [1.807, 2.05) is 0 Å². The number of aromatic hydroxyl groups is 1. The third kappa shape index (κ3) is 3.05. The third-order valence-corrected chi connectivity index (χ3v) is 3.51. The van der Waals surface area contributed by atoms with Gasteiger partial charge < -0.3 is 14.9 Å². The zero-order valence-electron chi connectivity index (χ0n) is 8.56. The van der Waals surface area contributed by atoms with Crippen LogP contribution in [0.15, 0.2) is 24.3 Å². The summed E-state index contributed by atoms with van der Waals surface area (Å²) in [5.41, 5.74) is -1.36. The number of phenolic OH excluding ortho intramolecular Hbond substituents is 1. The Balaban J connectivity index is 3.27. The fourth-order valence-electron chi connectivity index (χ4n) is 1.42. The molecule has 1 rings (SSSR count). The van der Waals surface area contributed by atoms with Crippen molar-refractivity contribution in [3.8, 4) is 17.9 Å². The first-order valence-corrected chi connectivity index (χ1v) is 6.21. The Bertz CT molecular complexity index is 509. The van der Waals surface area contributed by atoms with E-state index in [1.54, 1.807) is 12.1 Å². The molecule has 0 aromatic heterocycles. The number of hydrogen-bond acceptors (Lipinski definition) is 4. The lowest BCUT2D eigenvalue weighted by molar-refractivity contribution is 0.353. The van der Waals surface area contributed by atoms with E-state index in [9.17, 15) is 14.4 Å². The van der Waals surface area contributed by atoms with Crippen LogP contribution >= 0.6 is 7.60 Å². The van der Waals surface area contributed by atoms with Crippen LogP contribution < -0.4 is 0 Å². The molecule has 1 aromatic carbocycles. The molecule has 0 amide bonds. The Morgan fingerprint density at radius 1 is 1.12 bits per heavy atom. The quantitative estimate of drug-likeness (QED) is 0.695. The molecule has 0 radical (unpaired) electrons. The van der Waals surface area contributed by atoms with E-state index in [2.05, 4.69) is 0 Å². The summed E-state index contributed by atoms with van der Waals surface area (Å²) in [7, 11) is -4.63. The molecule has 0 bridgehead atoms. The maximum atomic E-state index is 11.3. The van der Waals surface area contributed by atoms with Crippen molar-refractivity contribution in [1.82, 2.24) is 0 Å². The molecule has 7 heteroatoms.